The summed E-state index contributed by atoms with van der Waals surface area (Å²) in [5.41, 5.74) is 8.24. The molecule has 21 heavy (non-hydrogen) atoms. The van der Waals surface area contributed by atoms with Crippen LogP contribution in [-0.2, 0) is 6.54 Å². The summed E-state index contributed by atoms with van der Waals surface area (Å²) in [5, 5.41) is 6.32. The minimum Gasteiger partial charge on any atom is -0.497 e. The minimum absolute atomic E-state index is 0.515. The number of nitrogens with two attached hydrogens (primary N) is 1. The molecule has 0 aliphatic carbocycles. The highest BCUT2D eigenvalue weighted by Crippen LogP contribution is 2.15. The number of ether oxygens (including phenoxy) is 1. The lowest BCUT2D eigenvalue weighted by molar-refractivity contribution is 0.387. The van der Waals surface area contributed by atoms with E-state index in [-0.39, 0.29) is 0 Å². The zero-order valence-electron chi connectivity index (χ0n) is 13.0. The zero-order valence-corrected chi connectivity index (χ0v) is 13.0. The molecule has 0 saturated carbocycles. The molecule has 0 heterocycles. The van der Waals surface area contributed by atoms with E-state index in [1.807, 2.05) is 24.3 Å². The Bertz CT molecular complexity index is 509. The van der Waals surface area contributed by atoms with Crippen molar-refractivity contribution < 1.29 is 4.74 Å². The fourth-order valence-corrected chi connectivity index (χ4v) is 1.87. The number of rotatable bonds is 9. The van der Waals surface area contributed by atoms with Crippen LogP contribution >= 0.6 is 0 Å². The molecule has 1 rings (SSSR count). The molecular weight excluding hydrogens is 262 g/mol. The van der Waals surface area contributed by atoms with Crippen molar-refractivity contribution in [3.05, 3.63) is 54.9 Å². The first kappa shape index (κ1) is 16.8. The van der Waals surface area contributed by atoms with E-state index in [1.54, 1.807) is 18.3 Å². The molecule has 1 aromatic carbocycles. The van der Waals surface area contributed by atoms with Gasteiger partial charge in [0.05, 0.1) is 19.4 Å². The second-order valence-electron chi connectivity index (χ2n) is 4.81. The van der Waals surface area contributed by atoms with Crippen molar-refractivity contribution in [1.82, 2.24) is 5.01 Å². The van der Waals surface area contributed by atoms with E-state index in [0.717, 1.165) is 36.3 Å². The summed E-state index contributed by atoms with van der Waals surface area (Å²) in [6, 6.07) is 7.88. The lowest BCUT2D eigenvalue weighted by Crippen LogP contribution is -2.17. The molecule has 0 fully saturated rings. The predicted molar refractivity (Wildman–Crippen MR) is 89.0 cm³/mol. The maximum absolute atomic E-state index is 5.81. The minimum atomic E-state index is 0.515. The second kappa shape index (κ2) is 8.84. The third-order valence-electron chi connectivity index (χ3n) is 3.08. The van der Waals surface area contributed by atoms with Crippen LogP contribution in [0.3, 0.4) is 0 Å². The van der Waals surface area contributed by atoms with Crippen LogP contribution in [0, 0.1) is 0 Å². The lowest BCUT2D eigenvalue weighted by atomic mass is 10.1. The Morgan fingerprint density at radius 2 is 2.24 bits per heavy atom. The molecule has 0 aromatic heterocycles. The number of benzene rings is 1. The van der Waals surface area contributed by atoms with Gasteiger partial charge in [0.2, 0.25) is 0 Å². The Labute approximate surface area is 127 Å². The van der Waals surface area contributed by atoms with Crippen molar-refractivity contribution in [1.29, 1.82) is 0 Å². The van der Waals surface area contributed by atoms with Crippen LogP contribution < -0.4 is 10.5 Å². The maximum atomic E-state index is 5.81. The molecule has 0 spiro atoms. The number of unbranched alkanes of at least 4 members (excludes halogenated alkanes) is 1. The fraction of sp³-hybridized carbons (Fsp3) is 0.353. The van der Waals surface area contributed by atoms with Gasteiger partial charge in [-0.1, -0.05) is 38.6 Å². The smallest absolute Gasteiger partial charge is 0.119 e. The Morgan fingerprint density at radius 3 is 2.81 bits per heavy atom. The summed E-state index contributed by atoms with van der Waals surface area (Å²) in [6.45, 7) is 10.4. The van der Waals surface area contributed by atoms with Gasteiger partial charge < -0.3 is 10.5 Å². The molecular formula is C17H25N3O. The van der Waals surface area contributed by atoms with Crippen molar-refractivity contribution in [3.8, 4) is 5.75 Å². The van der Waals surface area contributed by atoms with Crippen LogP contribution in [0.2, 0.25) is 0 Å². The summed E-state index contributed by atoms with van der Waals surface area (Å²) in [4.78, 5) is 0. The molecule has 114 valence electrons. The Hall–Kier alpha value is -2.23. The second-order valence-corrected chi connectivity index (χ2v) is 4.81. The van der Waals surface area contributed by atoms with E-state index in [1.165, 1.54) is 0 Å². The van der Waals surface area contributed by atoms with Crippen molar-refractivity contribution >= 4 is 5.71 Å². The quantitative estimate of drug-likeness (QED) is 0.557. The van der Waals surface area contributed by atoms with Gasteiger partial charge in [-0.05, 0) is 30.5 Å². The highest BCUT2D eigenvalue weighted by atomic mass is 16.5. The number of allylic oxidation sites excluding steroid dienone is 1. The Morgan fingerprint density at radius 1 is 1.48 bits per heavy atom. The maximum Gasteiger partial charge on any atom is 0.119 e. The average molecular weight is 287 g/mol. The predicted octanol–water partition coefficient (Wildman–Crippen LogP) is 3.66. The molecule has 0 unspecified atom stereocenters. The van der Waals surface area contributed by atoms with Gasteiger partial charge >= 0.3 is 0 Å². The molecule has 0 aliphatic rings. The van der Waals surface area contributed by atoms with Crippen LogP contribution in [0.5, 0.6) is 5.75 Å². The van der Waals surface area contributed by atoms with Gasteiger partial charge in [0.15, 0.2) is 0 Å². The third-order valence-corrected chi connectivity index (χ3v) is 3.08. The van der Waals surface area contributed by atoms with Gasteiger partial charge in [0.25, 0.3) is 0 Å². The van der Waals surface area contributed by atoms with Crippen LogP contribution in [-0.4, -0.2) is 17.8 Å². The molecule has 0 aliphatic heterocycles. The summed E-state index contributed by atoms with van der Waals surface area (Å²) < 4.78 is 5.23. The highest BCUT2D eigenvalue weighted by molar-refractivity contribution is 5.98. The van der Waals surface area contributed by atoms with E-state index in [4.69, 9.17) is 10.5 Å². The van der Waals surface area contributed by atoms with Gasteiger partial charge in [-0.15, -0.1) is 0 Å². The largest absolute Gasteiger partial charge is 0.497 e. The van der Waals surface area contributed by atoms with Crippen LogP contribution in [0.15, 0.2) is 54.4 Å². The average Bonchev–Trinajstić information content (AvgIpc) is 2.50. The van der Waals surface area contributed by atoms with Crippen molar-refractivity contribution in [2.24, 2.45) is 10.8 Å². The lowest BCUT2D eigenvalue weighted by Gasteiger charge is -2.17. The fourth-order valence-electron chi connectivity index (χ4n) is 1.87. The molecule has 4 heteroatoms. The molecule has 4 nitrogen and oxygen atoms in total. The first-order chi connectivity index (χ1) is 10.1. The van der Waals surface area contributed by atoms with Crippen molar-refractivity contribution in [2.75, 3.05) is 7.11 Å². The van der Waals surface area contributed by atoms with Gasteiger partial charge in [-0.3, -0.25) is 5.01 Å². The number of hydrogen-bond acceptors (Lipinski definition) is 4. The van der Waals surface area contributed by atoms with Crippen molar-refractivity contribution in [3.63, 3.8) is 0 Å². The van der Waals surface area contributed by atoms with Gasteiger partial charge in [-0.2, -0.15) is 5.10 Å². The molecule has 1 aromatic rings. The van der Waals surface area contributed by atoms with Gasteiger partial charge in [-0.25, -0.2) is 0 Å². The first-order valence-corrected chi connectivity index (χ1v) is 7.15. The Balaban J connectivity index is 2.85. The summed E-state index contributed by atoms with van der Waals surface area (Å²) in [5.74, 6) is 0.829. The molecule has 0 atom stereocenters. The number of nitrogens with zero attached hydrogens (tertiary/aromatic N) is 2. The number of hydrogen-bond donors (Lipinski definition) is 1. The number of methoxy groups -OCH3 is 1. The third kappa shape index (κ3) is 5.73. The number of hydrazone groups is 1. The van der Waals surface area contributed by atoms with E-state index in [0.29, 0.717) is 12.2 Å². The standard InChI is InChI=1S/C17H25N3O/c1-5-7-11-17(14(3)18)19-20(6-2)13-15-9-8-10-16(12-15)21-4/h6,8-10,12H,2-3,5,7,11,13,18H2,1,4H3/b19-17+. The summed E-state index contributed by atoms with van der Waals surface area (Å²) >= 11 is 0. The summed E-state index contributed by atoms with van der Waals surface area (Å²) in [7, 11) is 1.66. The molecule has 0 bridgehead atoms. The van der Waals surface area contributed by atoms with Crippen LogP contribution in [0.1, 0.15) is 31.7 Å². The van der Waals surface area contributed by atoms with E-state index in [2.05, 4.69) is 25.2 Å². The van der Waals surface area contributed by atoms with E-state index in [9.17, 15) is 0 Å². The monoisotopic (exact) mass is 287 g/mol. The molecule has 2 N–H and O–H groups in total. The van der Waals surface area contributed by atoms with Crippen LogP contribution in [0.4, 0.5) is 0 Å². The molecule has 0 radical (unpaired) electrons. The van der Waals surface area contributed by atoms with E-state index < -0.39 is 0 Å². The van der Waals surface area contributed by atoms with Gasteiger partial charge in [0, 0.05) is 11.9 Å². The van der Waals surface area contributed by atoms with Gasteiger partial charge in [0.1, 0.15) is 5.75 Å². The molecule has 0 saturated heterocycles. The molecule has 0 amide bonds. The van der Waals surface area contributed by atoms with Crippen molar-refractivity contribution in [2.45, 2.75) is 32.7 Å². The highest BCUT2D eigenvalue weighted by Gasteiger charge is 2.05. The van der Waals surface area contributed by atoms with E-state index >= 15 is 0 Å². The Kier molecular flexibility index (Phi) is 7.09. The zero-order chi connectivity index (χ0) is 15.7. The first-order valence-electron chi connectivity index (χ1n) is 7.15. The van der Waals surface area contributed by atoms with Crippen LogP contribution in [0.25, 0.3) is 0 Å². The summed E-state index contributed by atoms with van der Waals surface area (Å²) in [6.07, 6.45) is 4.65. The topological polar surface area (TPSA) is 50.8 Å². The SMILES string of the molecule is C=CN(Cc1cccc(OC)c1)/N=C(\CCCC)C(=C)N. The normalized spacial score (nSPS) is 11.0.